The first-order chi connectivity index (χ1) is 11.2. The second-order valence-electron chi connectivity index (χ2n) is 6.99. The Kier molecular flexibility index (Phi) is 5.21. The fraction of sp³-hybridized carbons (Fsp3) is 0.632. The molecule has 0 bridgehead atoms. The molecule has 3 rings (SSSR count). The zero-order valence-electron chi connectivity index (χ0n) is 14.0. The zero-order valence-corrected chi connectivity index (χ0v) is 14.0. The summed E-state index contributed by atoms with van der Waals surface area (Å²) in [4.78, 5) is 14.5. The lowest BCUT2D eigenvalue weighted by Crippen LogP contribution is -2.40. The van der Waals surface area contributed by atoms with Gasteiger partial charge in [-0.05, 0) is 55.2 Å². The predicted octanol–water partition coefficient (Wildman–Crippen LogP) is 2.92. The molecule has 1 aromatic rings. The van der Waals surface area contributed by atoms with Crippen molar-refractivity contribution in [1.82, 2.24) is 4.90 Å². The number of nitrogens with two attached hydrogens (primary N) is 1. The van der Waals surface area contributed by atoms with Crippen LogP contribution in [0.4, 0.5) is 0 Å². The average molecular weight is 316 g/mol. The SMILES string of the molecule is COc1cccc(C2CCN(C(=O)C[C@@H]3CCC[C@H]3N)CC2)c1. The molecule has 4 heteroatoms. The van der Waals surface area contributed by atoms with Crippen LogP contribution >= 0.6 is 0 Å². The number of piperidine rings is 1. The number of likely N-dealkylation sites (tertiary alicyclic amines) is 1. The predicted molar refractivity (Wildman–Crippen MR) is 91.5 cm³/mol. The van der Waals surface area contributed by atoms with Gasteiger partial charge in [0, 0.05) is 25.6 Å². The van der Waals surface area contributed by atoms with Gasteiger partial charge in [-0.2, -0.15) is 0 Å². The summed E-state index contributed by atoms with van der Waals surface area (Å²) >= 11 is 0. The summed E-state index contributed by atoms with van der Waals surface area (Å²) < 4.78 is 5.31. The van der Waals surface area contributed by atoms with Gasteiger partial charge in [0.25, 0.3) is 0 Å². The molecule has 1 aromatic carbocycles. The van der Waals surface area contributed by atoms with Crippen LogP contribution in [-0.4, -0.2) is 37.0 Å². The number of hydrogen-bond donors (Lipinski definition) is 1. The molecule has 1 amide bonds. The molecule has 2 N–H and O–H groups in total. The first kappa shape index (κ1) is 16.3. The van der Waals surface area contributed by atoms with Crippen molar-refractivity contribution in [3.63, 3.8) is 0 Å². The van der Waals surface area contributed by atoms with Gasteiger partial charge in [-0.3, -0.25) is 4.79 Å². The van der Waals surface area contributed by atoms with Crippen molar-refractivity contribution in [2.45, 2.75) is 50.5 Å². The van der Waals surface area contributed by atoms with E-state index in [1.807, 2.05) is 17.0 Å². The second kappa shape index (κ2) is 7.35. The minimum atomic E-state index is 0.230. The molecular formula is C19H28N2O2. The zero-order chi connectivity index (χ0) is 16.2. The molecule has 2 atom stereocenters. The van der Waals surface area contributed by atoms with Crippen molar-refractivity contribution in [3.05, 3.63) is 29.8 Å². The van der Waals surface area contributed by atoms with E-state index in [9.17, 15) is 4.79 Å². The highest BCUT2D eigenvalue weighted by molar-refractivity contribution is 5.76. The van der Waals surface area contributed by atoms with E-state index in [0.29, 0.717) is 24.2 Å². The maximum Gasteiger partial charge on any atom is 0.222 e. The maximum absolute atomic E-state index is 12.5. The van der Waals surface area contributed by atoms with Gasteiger partial charge in [0.15, 0.2) is 0 Å². The molecule has 0 unspecified atom stereocenters. The van der Waals surface area contributed by atoms with Gasteiger partial charge in [-0.1, -0.05) is 18.6 Å². The van der Waals surface area contributed by atoms with Crippen molar-refractivity contribution in [3.8, 4) is 5.75 Å². The molecule has 0 spiro atoms. The van der Waals surface area contributed by atoms with E-state index in [1.54, 1.807) is 7.11 Å². The summed E-state index contributed by atoms with van der Waals surface area (Å²) in [6.07, 6.45) is 6.09. The number of rotatable bonds is 4. The van der Waals surface area contributed by atoms with Crippen molar-refractivity contribution in [2.75, 3.05) is 20.2 Å². The fourth-order valence-corrected chi connectivity index (χ4v) is 4.03. The Morgan fingerprint density at radius 1 is 1.26 bits per heavy atom. The van der Waals surface area contributed by atoms with E-state index in [4.69, 9.17) is 10.5 Å². The minimum Gasteiger partial charge on any atom is -0.497 e. The molecule has 1 heterocycles. The van der Waals surface area contributed by atoms with E-state index >= 15 is 0 Å². The van der Waals surface area contributed by atoms with Crippen LogP contribution in [0.5, 0.6) is 5.75 Å². The Morgan fingerprint density at radius 2 is 2.04 bits per heavy atom. The van der Waals surface area contributed by atoms with Crippen LogP contribution < -0.4 is 10.5 Å². The Balaban J connectivity index is 1.52. The lowest BCUT2D eigenvalue weighted by Gasteiger charge is -2.33. The van der Waals surface area contributed by atoms with Gasteiger partial charge in [0.2, 0.25) is 5.91 Å². The van der Waals surface area contributed by atoms with Gasteiger partial charge in [0.1, 0.15) is 5.75 Å². The highest BCUT2D eigenvalue weighted by Gasteiger charge is 2.30. The first-order valence-corrected chi connectivity index (χ1v) is 8.84. The number of benzene rings is 1. The largest absolute Gasteiger partial charge is 0.497 e. The first-order valence-electron chi connectivity index (χ1n) is 8.84. The van der Waals surface area contributed by atoms with Gasteiger partial charge >= 0.3 is 0 Å². The highest BCUT2D eigenvalue weighted by atomic mass is 16.5. The van der Waals surface area contributed by atoms with Gasteiger partial charge in [-0.25, -0.2) is 0 Å². The van der Waals surface area contributed by atoms with Crippen LogP contribution in [0.15, 0.2) is 24.3 Å². The Morgan fingerprint density at radius 3 is 2.70 bits per heavy atom. The number of methoxy groups -OCH3 is 1. The van der Waals surface area contributed by atoms with Crippen LogP contribution in [0.2, 0.25) is 0 Å². The number of nitrogens with zero attached hydrogens (tertiary/aromatic N) is 1. The van der Waals surface area contributed by atoms with Crippen molar-refractivity contribution in [1.29, 1.82) is 0 Å². The Labute approximate surface area is 139 Å². The minimum absolute atomic E-state index is 0.230. The molecule has 2 fully saturated rings. The molecule has 0 radical (unpaired) electrons. The molecule has 0 aromatic heterocycles. The molecule has 1 aliphatic heterocycles. The third kappa shape index (κ3) is 3.86. The molecule has 23 heavy (non-hydrogen) atoms. The molecule has 4 nitrogen and oxygen atoms in total. The molecular weight excluding hydrogens is 288 g/mol. The maximum atomic E-state index is 12.5. The quantitative estimate of drug-likeness (QED) is 0.929. The Hall–Kier alpha value is -1.55. The monoisotopic (exact) mass is 316 g/mol. The number of ether oxygens (including phenoxy) is 1. The van der Waals surface area contributed by atoms with Crippen LogP contribution in [-0.2, 0) is 4.79 Å². The summed E-state index contributed by atoms with van der Waals surface area (Å²) in [7, 11) is 1.70. The standard InChI is InChI=1S/C19H28N2O2/c1-23-17-6-2-4-15(12-17)14-8-10-21(11-9-14)19(22)13-16-5-3-7-18(16)20/h2,4,6,12,14,16,18H,3,5,7-11,13,20H2,1H3/t16-,18+/m0/s1. The molecule has 1 aliphatic carbocycles. The van der Waals surface area contributed by atoms with E-state index in [-0.39, 0.29) is 6.04 Å². The summed E-state index contributed by atoms with van der Waals surface area (Å²) in [5, 5.41) is 0. The average Bonchev–Trinajstić information content (AvgIpc) is 3.00. The molecule has 1 saturated carbocycles. The van der Waals surface area contributed by atoms with Crippen LogP contribution in [0.1, 0.15) is 50.0 Å². The third-order valence-corrected chi connectivity index (χ3v) is 5.57. The molecule has 2 aliphatic rings. The van der Waals surface area contributed by atoms with Crippen LogP contribution in [0.3, 0.4) is 0 Å². The van der Waals surface area contributed by atoms with Crippen molar-refractivity contribution in [2.24, 2.45) is 11.7 Å². The van der Waals surface area contributed by atoms with Crippen molar-refractivity contribution < 1.29 is 9.53 Å². The van der Waals surface area contributed by atoms with Gasteiger partial charge in [0.05, 0.1) is 7.11 Å². The second-order valence-corrected chi connectivity index (χ2v) is 6.99. The lowest BCUT2D eigenvalue weighted by atomic mass is 9.89. The topological polar surface area (TPSA) is 55.6 Å². The van der Waals surface area contributed by atoms with Gasteiger partial charge in [-0.15, -0.1) is 0 Å². The normalized spacial score (nSPS) is 25.6. The van der Waals surface area contributed by atoms with Crippen LogP contribution in [0, 0.1) is 5.92 Å². The molecule has 126 valence electrons. The number of amides is 1. The van der Waals surface area contributed by atoms with E-state index < -0.39 is 0 Å². The molecule has 1 saturated heterocycles. The summed E-state index contributed by atoms with van der Waals surface area (Å²) in [6.45, 7) is 1.73. The summed E-state index contributed by atoms with van der Waals surface area (Å²) in [5.41, 5.74) is 7.43. The van der Waals surface area contributed by atoms with Crippen molar-refractivity contribution >= 4 is 5.91 Å². The number of carbonyl (C=O) groups excluding carboxylic acids is 1. The number of carbonyl (C=O) groups is 1. The Bertz CT molecular complexity index is 538. The highest BCUT2D eigenvalue weighted by Crippen LogP contribution is 2.32. The smallest absolute Gasteiger partial charge is 0.222 e. The third-order valence-electron chi connectivity index (χ3n) is 5.57. The summed E-state index contributed by atoms with van der Waals surface area (Å²) in [5.74, 6) is 2.15. The lowest BCUT2D eigenvalue weighted by molar-refractivity contribution is -0.133. The van der Waals surface area contributed by atoms with E-state index in [1.165, 1.54) is 12.0 Å². The van der Waals surface area contributed by atoms with Crippen LogP contribution in [0.25, 0.3) is 0 Å². The summed E-state index contributed by atoms with van der Waals surface area (Å²) in [6, 6.07) is 8.55. The number of hydrogen-bond acceptors (Lipinski definition) is 3. The van der Waals surface area contributed by atoms with E-state index in [0.717, 1.165) is 44.5 Å². The fourth-order valence-electron chi connectivity index (χ4n) is 4.03. The van der Waals surface area contributed by atoms with Gasteiger partial charge < -0.3 is 15.4 Å². The van der Waals surface area contributed by atoms with E-state index in [2.05, 4.69) is 12.1 Å².